The number of carbonyl (C=O) groups is 2. The predicted octanol–water partition coefficient (Wildman–Crippen LogP) is 4.03. The number of hydrogen-bond acceptors (Lipinski definition) is 4. The monoisotopic (exact) mass is 416 g/mol. The molecule has 6 heteroatoms. The van der Waals surface area contributed by atoms with Gasteiger partial charge in [-0.25, -0.2) is 0 Å². The third-order valence-corrected chi connectivity index (χ3v) is 6.59. The van der Waals surface area contributed by atoms with Crippen molar-refractivity contribution in [2.75, 3.05) is 26.3 Å². The normalized spacial score (nSPS) is 24.2. The van der Waals surface area contributed by atoms with Gasteiger partial charge in [0, 0.05) is 24.7 Å². The highest BCUT2D eigenvalue weighted by atomic mass is 16.5. The van der Waals surface area contributed by atoms with E-state index >= 15 is 0 Å². The van der Waals surface area contributed by atoms with Gasteiger partial charge in [0.05, 0.1) is 6.61 Å². The first-order valence-electron chi connectivity index (χ1n) is 11.5. The molecule has 3 rings (SSSR count). The van der Waals surface area contributed by atoms with Crippen molar-refractivity contribution in [3.63, 3.8) is 0 Å². The molecule has 1 saturated heterocycles. The van der Waals surface area contributed by atoms with Crippen molar-refractivity contribution >= 4 is 11.8 Å². The van der Waals surface area contributed by atoms with Gasteiger partial charge < -0.3 is 19.7 Å². The fourth-order valence-corrected chi connectivity index (χ4v) is 4.45. The zero-order valence-corrected chi connectivity index (χ0v) is 18.6. The minimum Gasteiger partial charge on any atom is -0.490 e. The Hall–Kier alpha value is -2.24. The predicted molar refractivity (Wildman–Crippen MR) is 117 cm³/mol. The maximum atomic E-state index is 12.8. The second-order valence-corrected chi connectivity index (χ2v) is 8.67. The van der Waals surface area contributed by atoms with E-state index in [0.717, 1.165) is 38.8 Å². The van der Waals surface area contributed by atoms with Gasteiger partial charge in [-0.05, 0) is 62.6 Å². The Morgan fingerprint density at radius 3 is 2.53 bits per heavy atom. The molecule has 3 unspecified atom stereocenters. The maximum absolute atomic E-state index is 12.8. The lowest BCUT2D eigenvalue weighted by Crippen LogP contribution is -2.43. The van der Waals surface area contributed by atoms with Crippen LogP contribution in [0.5, 0.6) is 11.5 Å². The molecule has 0 aromatic heterocycles. The van der Waals surface area contributed by atoms with Crippen LogP contribution in [0.1, 0.15) is 69.7 Å². The van der Waals surface area contributed by atoms with Crippen molar-refractivity contribution in [3.05, 3.63) is 23.8 Å². The minimum absolute atomic E-state index is 0.000580. The van der Waals surface area contributed by atoms with E-state index in [1.54, 1.807) is 18.2 Å². The smallest absolute Gasteiger partial charge is 0.260 e. The summed E-state index contributed by atoms with van der Waals surface area (Å²) in [5.41, 5.74) is 0.554. The van der Waals surface area contributed by atoms with Crippen LogP contribution in [0, 0.1) is 11.8 Å². The highest BCUT2D eigenvalue weighted by Gasteiger charge is 2.28. The number of rotatable bonds is 7. The van der Waals surface area contributed by atoms with Gasteiger partial charge >= 0.3 is 0 Å². The van der Waals surface area contributed by atoms with E-state index in [-0.39, 0.29) is 24.5 Å². The lowest BCUT2D eigenvalue weighted by atomic mass is 9.78. The van der Waals surface area contributed by atoms with Gasteiger partial charge in [0.15, 0.2) is 18.1 Å². The van der Waals surface area contributed by atoms with Crippen LogP contribution in [0.4, 0.5) is 0 Å². The van der Waals surface area contributed by atoms with Crippen molar-refractivity contribution in [1.29, 1.82) is 0 Å². The average Bonchev–Trinajstić information content (AvgIpc) is 2.76. The standard InChI is InChI=1S/C24H36N2O4/c1-4-29-22-15-19(24(28)25-20-10-8-9-17(2)18(20)3)11-12-21(22)30-16-23(27)26-13-6-5-7-14-26/h11-12,15,17-18,20H,4-10,13-14,16H2,1-3H3,(H,25,28). The number of hydrogen-bond donors (Lipinski definition) is 1. The first kappa shape index (κ1) is 22.4. The van der Waals surface area contributed by atoms with E-state index in [4.69, 9.17) is 9.47 Å². The summed E-state index contributed by atoms with van der Waals surface area (Å²) in [5.74, 6) is 2.01. The van der Waals surface area contributed by atoms with E-state index in [1.165, 1.54) is 12.8 Å². The van der Waals surface area contributed by atoms with Crippen LogP contribution in [0.15, 0.2) is 18.2 Å². The van der Waals surface area contributed by atoms with E-state index in [0.29, 0.717) is 35.5 Å². The number of amides is 2. The molecule has 30 heavy (non-hydrogen) atoms. The van der Waals surface area contributed by atoms with Crippen molar-refractivity contribution in [2.45, 2.75) is 65.3 Å². The number of nitrogens with one attached hydrogen (secondary N) is 1. The molecule has 0 radical (unpaired) electrons. The van der Waals surface area contributed by atoms with Gasteiger partial charge in [0.25, 0.3) is 11.8 Å². The Bertz CT molecular complexity index is 730. The summed E-state index contributed by atoms with van der Waals surface area (Å²) in [6, 6.07) is 5.40. The number of nitrogens with zero attached hydrogens (tertiary/aromatic N) is 1. The zero-order chi connectivity index (χ0) is 21.5. The van der Waals surface area contributed by atoms with Gasteiger partial charge in [0.2, 0.25) is 0 Å². The summed E-state index contributed by atoms with van der Waals surface area (Å²) in [7, 11) is 0. The number of carbonyl (C=O) groups excluding carboxylic acids is 2. The summed E-state index contributed by atoms with van der Waals surface area (Å²) < 4.78 is 11.5. The van der Waals surface area contributed by atoms with Crippen LogP contribution in [0.3, 0.4) is 0 Å². The van der Waals surface area contributed by atoms with Crippen LogP contribution >= 0.6 is 0 Å². The van der Waals surface area contributed by atoms with Gasteiger partial charge in [-0.3, -0.25) is 9.59 Å². The topological polar surface area (TPSA) is 67.9 Å². The van der Waals surface area contributed by atoms with Crippen molar-refractivity contribution < 1.29 is 19.1 Å². The number of likely N-dealkylation sites (tertiary alicyclic amines) is 1. The quantitative estimate of drug-likeness (QED) is 0.729. The molecule has 2 amide bonds. The Morgan fingerprint density at radius 2 is 1.80 bits per heavy atom. The number of ether oxygens (including phenoxy) is 2. The third-order valence-electron chi connectivity index (χ3n) is 6.59. The molecule has 1 aliphatic carbocycles. The Balaban J connectivity index is 1.63. The van der Waals surface area contributed by atoms with Crippen LogP contribution in [0.25, 0.3) is 0 Å². The summed E-state index contributed by atoms with van der Waals surface area (Å²) in [6.45, 7) is 8.42. The molecule has 1 aromatic rings. The molecule has 2 fully saturated rings. The maximum Gasteiger partial charge on any atom is 0.260 e. The number of piperidine rings is 1. The van der Waals surface area contributed by atoms with Crippen LogP contribution < -0.4 is 14.8 Å². The summed E-state index contributed by atoms with van der Waals surface area (Å²) >= 11 is 0. The molecular formula is C24H36N2O4. The highest BCUT2D eigenvalue weighted by Crippen LogP contribution is 2.31. The molecule has 3 atom stereocenters. The second-order valence-electron chi connectivity index (χ2n) is 8.67. The summed E-state index contributed by atoms with van der Waals surface area (Å²) in [5, 5.41) is 3.20. The Labute approximate surface area is 180 Å². The van der Waals surface area contributed by atoms with Crippen LogP contribution in [0.2, 0.25) is 0 Å². The molecule has 6 nitrogen and oxygen atoms in total. The molecule has 1 aliphatic heterocycles. The number of benzene rings is 1. The molecule has 0 bridgehead atoms. The van der Waals surface area contributed by atoms with E-state index in [9.17, 15) is 9.59 Å². The molecule has 1 saturated carbocycles. The zero-order valence-electron chi connectivity index (χ0n) is 18.6. The average molecular weight is 417 g/mol. The van der Waals surface area contributed by atoms with Gasteiger partial charge in [-0.1, -0.05) is 26.7 Å². The van der Waals surface area contributed by atoms with Gasteiger partial charge in [-0.2, -0.15) is 0 Å². The fourth-order valence-electron chi connectivity index (χ4n) is 4.45. The molecular weight excluding hydrogens is 380 g/mol. The second kappa shape index (κ2) is 10.7. The highest BCUT2D eigenvalue weighted by molar-refractivity contribution is 5.95. The van der Waals surface area contributed by atoms with Crippen LogP contribution in [-0.4, -0.2) is 49.1 Å². The lowest BCUT2D eigenvalue weighted by molar-refractivity contribution is -0.134. The van der Waals surface area contributed by atoms with Crippen molar-refractivity contribution in [1.82, 2.24) is 10.2 Å². The first-order valence-corrected chi connectivity index (χ1v) is 11.5. The van der Waals surface area contributed by atoms with E-state index < -0.39 is 0 Å². The minimum atomic E-state index is -0.0853. The molecule has 0 spiro atoms. The molecule has 2 aliphatic rings. The van der Waals surface area contributed by atoms with Crippen molar-refractivity contribution in [2.24, 2.45) is 11.8 Å². The van der Waals surface area contributed by atoms with E-state index in [2.05, 4.69) is 19.2 Å². The summed E-state index contributed by atoms with van der Waals surface area (Å²) in [6.07, 6.45) is 6.69. The van der Waals surface area contributed by atoms with Gasteiger partial charge in [-0.15, -0.1) is 0 Å². The van der Waals surface area contributed by atoms with E-state index in [1.807, 2.05) is 11.8 Å². The molecule has 166 valence electrons. The Kier molecular flexibility index (Phi) is 8.00. The molecule has 1 aromatic carbocycles. The lowest BCUT2D eigenvalue weighted by Gasteiger charge is -2.34. The fraction of sp³-hybridized carbons (Fsp3) is 0.667. The molecule has 1 N–H and O–H groups in total. The first-order chi connectivity index (χ1) is 14.5. The SMILES string of the molecule is CCOc1cc(C(=O)NC2CCCC(C)C2C)ccc1OCC(=O)N1CCCCC1. The van der Waals surface area contributed by atoms with Crippen molar-refractivity contribution in [3.8, 4) is 11.5 Å². The largest absolute Gasteiger partial charge is 0.490 e. The summed E-state index contributed by atoms with van der Waals surface area (Å²) in [4.78, 5) is 27.1. The van der Waals surface area contributed by atoms with Crippen LogP contribution in [-0.2, 0) is 4.79 Å². The van der Waals surface area contributed by atoms with Gasteiger partial charge in [0.1, 0.15) is 0 Å². The molecule has 1 heterocycles. The third kappa shape index (κ3) is 5.67. The Morgan fingerprint density at radius 1 is 1.03 bits per heavy atom.